The minimum Gasteiger partial charge on any atom is -0.364 e. The van der Waals surface area contributed by atoms with Crippen molar-refractivity contribution in [3.05, 3.63) is 60.0 Å². The Bertz CT molecular complexity index is 785. The monoisotopic (exact) mass is 341 g/mol. The predicted octanol–water partition coefficient (Wildman–Crippen LogP) is 2.18. The van der Waals surface area contributed by atoms with Crippen LogP contribution in [0.25, 0.3) is 0 Å². The van der Waals surface area contributed by atoms with Crippen LogP contribution in [-0.2, 0) is 15.1 Å². The van der Waals surface area contributed by atoms with E-state index in [9.17, 15) is 9.18 Å². The molecule has 0 aliphatic carbocycles. The van der Waals surface area contributed by atoms with Crippen molar-refractivity contribution in [1.29, 1.82) is 0 Å². The molecule has 0 radical (unpaired) electrons. The van der Waals surface area contributed by atoms with Crippen molar-refractivity contribution < 1.29 is 13.9 Å². The van der Waals surface area contributed by atoms with Crippen molar-refractivity contribution in [2.75, 3.05) is 31.6 Å². The highest BCUT2D eigenvalue weighted by Crippen LogP contribution is 2.43. The Morgan fingerprint density at radius 3 is 2.80 bits per heavy atom. The van der Waals surface area contributed by atoms with Gasteiger partial charge >= 0.3 is 0 Å². The number of hydrogen-bond acceptors (Lipinski definition) is 4. The van der Waals surface area contributed by atoms with Gasteiger partial charge in [-0.2, -0.15) is 0 Å². The first-order valence-corrected chi connectivity index (χ1v) is 8.42. The summed E-state index contributed by atoms with van der Waals surface area (Å²) in [5.41, 5.74) is 0.523. The second-order valence-corrected chi connectivity index (χ2v) is 6.55. The summed E-state index contributed by atoms with van der Waals surface area (Å²) < 4.78 is 20.1. The molecular formula is C19H20FN3O2. The van der Waals surface area contributed by atoms with Crippen molar-refractivity contribution in [3.63, 3.8) is 0 Å². The Hall–Kier alpha value is -2.47. The molecule has 4 rings (SSSR count). The lowest BCUT2D eigenvalue weighted by Gasteiger charge is -2.55. The normalized spacial score (nSPS) is 26.5. The van der Waals surface area contributed by atoms with Gasteiger partial charge in [-0.25, -0.2) is 9.37 Å². The fourth-order valence-electron chi connectivity index (χ4n) is 4.03. The number of carbonyl (C=O) groups is 1. The summed E-state index contributed by atoms with van der Waals surface area (Å²) in [5, 5.41) is 0. The van der Waals surface area contributed by atoms with Crippen molar-refractivity contribution in [2.24, 2.45) is 0 Å². The highest BCUT2D eigenvalue weighted by molar-refractivity contribution is 5.79. The molecule has 1 aromatic heterocycles. The first-order valence-electron chi connectivity index (χ1n) is 8.42. The van der Waals surface area contributed by atoms with E-state index in [-0.39, 0.29) is 24.4 Å². The van der Waals surface area contributed by atoms with Crippen LogP contribution in [0.1, 0.15) is 12.0 Å². The van der Waals surface area contributed by atoms with E-state index < -0.39 is 5.54 Å². The molecule has 2 aromatic rings. The summed E-state index contributed by atoms with van der Waals surface area (Å²) in [7, 11) is 1.84. The van der Waals surface area contributed by atoms with Crippen LogP contribution in [0.4, 0.5) is 10.2 Å². The smallest absolute Gasteiger partial charge is 0.249 e. The molecule has 3 heterocycles. The molecule has 25 heavy (non-hydrogen) atoms. The number of anilines is 1. The van der Waals surface area contributed by atoms with Gasteiger partial charge in [-0.1, -0.05) is 30.3 Å². The third-order valence-electron chi connectivity index (χ3n) is 5.37. The van der Waals surface area contributed by atoms with E-state index in [0.29, 0.717) is 25.3 Å². The van der Waals surface area contributed by atoms with E-state index in [0.717, 1.165) is 5.56 Å². The number of fused-ring (bicyclic) bond motifs is 1. The number of halogens is 1. The van der Waals surface area contributed by atoms with Gasteiger partial charge in [0.25, 0.3) is 0 Å². The van der Waals surface area contributed by atoms with E-state index in [1.165, 1.54) is 6.07 Å². The fourth-order valence-corrected chi connectivity index (χ4v) is 4.03. The number of amides is 1. The first kappa shape index (κ1) is 16.0. The van der Waals surface area contributed by atoms with Gasteiger partial charge in [0.05, 0.1) is 5.54 Å². The van der Waals surface area contributed by atoms with E-state index in [1.807, 2.05) is 47.2 Å². The van der Waals surface area contributed by atoms with Gasteiger partial charge in [0.1, 0.15) is 12.7 Å². The van der Waals surface area contributed by atoms with Crippen LogP contribution in [0.2, 0.25) is 0 Å². The maximum absolute atomic E-state index is 14.1. The fraction of sp³-hybridized carbons (Fsp3) is 0.368. The molecule has 2 fully saturated rings. The minimum absolute atomic E-state index is 0.0300. The summed E-state index contributed by atoms with van der Waals surface area (Å²) in [4.78, 5) is 20.2. The number of likely N-dealkylation sites (N-methyl/N-ethyl adjacent to an activating group) is 1. The number of nitrogens with zero attached hydrogens (tertiary/aromatic N) is 3. The van der Waals surface area contributed by atoms with E-state index >= 15 is 0 Å². The summed E-state index contributed by atoms with van der Waals surface area (Å²) in [6, 6.07) is 13.0. The number of carbonyl (C=O) groups excluding carboxylic acids is 1. The molecular weight excluding hydrogens is 321 g/mol. The summed E-state index contributed by atoms with van der Waals surface area (Å²) in [6.45, 7) is 1.13. The zero-order valence-corrected chi connectivity index (χ0v) is 14.1. The van der Waals surface area contributed by atoms with Gasteiger partial charge in [0.15, 0.2) is 11.6 Å². The third kappa shape index (κ3) is 2.48. The van der Waals surface area contributed by atoms with Gasteiger partial charge in [-0.15, -0.1) is 0 Å². The standard InChI is InChI=1S/C19H20FN3O2/c1-22-17(24)13-25-16-12-23(18-15(20)8-5-10-21-18)11-9-19(16,22)14-6-3-2-4-7-14/h2-8,10,16H,9,11-13H2,1H3/t16-,19+/m1/s1. The SMILES string of the molecule is CN1C(=O)CO[C@@H]2CN(c3ncccc3F)CC[C@]21c1ccccc1. The van der Waals surface area contributed by atoms with Gasteiger partial charge in [-0.3, -0.25) is 4.79 Å². The predicted molar refractivity (Wildman–Crippen MR) is 91.7 cm³/mol. The Labute approximate surface area is 146 Å². The minimum atomic E-state index is -0.529. The maximum Gasteiger partial charge on any atom is 0.249 e. The molecule has 5 nitrogen and oxygen atoms in total. The zero-order valence-electron chi connectivity index (χ0n) is 14.1. The maximum atomic E-state index is 14.1. The van der Waals surface area contributed by atoms with Crippen LogP contribution in [0.3, 0.4) is 0 Å². The lowest BCUT2D eigenvalue weighted by atomic mass is 9.76. The molecule has 0 bridgehead atoms. The van der Waals surface area contributed by atoms with Crippen LogP contribution in [-0.4, -0.2) is 48.6 Å². The Balaban J connectivity index is 1.72. The molecule has 1 amide bonds. The molecule has 0 N–H and O–H groups in total. The number of rotatable bonds is 2. The van der Waals surface area contributed by atoms with Crippen molar-refractivity contribution in [3.8, 4) is 0 Å². The summed E-state index contributed by atoms with van der Waals surface area (Å²) >= 11 is 0. The number of ether oxygens (including phenoxy) is 1. The van der Waals surface area contributed by atoms with Crippen molar-refractivity contribution >= 4 is 11.7 Å². The number of hydrogen-bond donors (Lipinski definition) is 0. The average Bonchev–Trinajstić information content (AvgIpc) is 2.66. The topological polar surface area (TPSA) is 45.7 Å². The molecule has 2 aliphatic rings. The molecule has 0 unspecified atom stereocenters. The molecule has 0 spiro atoms. The second-order valence-electron chi connectivity index (χ2n) is 6.55. The quantitative estimate of drug-likeness (QED) is 0.840. The highest BCUT2D eigenvalue weighted by Gasteiger charge is 2.52. The molecule has 6 heteroatoms. The van der Waals surface area contributed by atoms with Crippen LogP contribution < -0.4 is 4.90 Å². The average molecular weight is 341 g/mol. The number of benzene rings is 1. The molecule has 2 atom stereocenters. The van der Waals surface area contributed by atoms with Crippen LogP contribution in [0.15, 0.2) is 48.7 Å². The highest BCUT2D eigenvalue weighted by atomic mass is 19.1. The van der Waals surface area contributed by atoms with Crippen molar-refractivity contribution in [2.45, 2.75) is 18.1 Å². The number of aromatic nitrogens is 1. The Kier molecular flexibility index (Phi) is 3.92. The number of pyridine rings is 1. The number of piperidine rings is 1. The van der Waals surface area contributed by atoms with E-state index in [2.05, 4.69) is 4.98 Å². The molecule has 2 saturated heterocycles. The lowest BCUT2D eigenvalue weighted by molar-refractivity contribution is -0.173. The summed E-state index contributed by atoms with van der Waals surface area (Å²) in [6.07, 6.45) is 2.00. The number of morpholine rings is 1. The van der Waals surface area contributed by atoms with Crippen LogP contribution in [0.5, 0.6) is 0 Å². The summed E-state index contributed by atoms with van der Waals surface area (Å²) in [5.74, 6) is -0.0279. The van der Waals surface area contributed by atoms with Crippen LogP contribution >= 0.6 is 0 Å². The van der Waals surface area contributed by atoms with Crippen molar-refractivity contribution in [1.82, 2.24) is 9.88 Å². The van der Waals surface area contributed by atoms with Gasteiger partial charge < -0.3 is 14.5 Å². The largest absolute Gasteiger partial charge is 0.364 e. The Morgan fingerprint density at radius 1 is 1.24 bits per heavy atom. The Morgan fingerprint density at radius 2 is 2.04 bits per heavy atom. The molecule has 1 aromatic carbocycles. The zero-order chi connectivity index (χ0) is 17.4. The van der Waals surface area contributed by atoms with Gasteiger partial charge in [0.2, 0.25) is 5.91 Å². The first-order chi connectivity index (χ1) is 12.1. The van der Waals surface area contributed by atoms with E-state index in [4.69, 9.17) is 4.74 Å². The molecule has 130 valence electrons. The molecule has 2 aliphatic heterocycles. The molecule has 0 saturated carbocycles. The third-order valence-corrected chi connectivity index (χ3v) is 5.37. The van der Waals surface area contributed by atoms with E-state index in [1.54, 1.807) is 12.3 Å². The van der Waals surface area contributed by atoms with Gasteiger partial charge in [-0.05, 0) is 24.1 Å². The van der Waals surface area contributed by atoms with Gasteiger partial charge in [0, 0.05) is 26.3 Å². The second kappa shape index (κ2) is 6.11. The van der Waals surface area contributed by atoms with Crippen LogP contribution in [0, 0.1) is 5.82 Å². The lowest BCUT2D eigenvalue weighted by Crippen LogP contribution is -2.67.